The van der Waals surface area contributed by atoms with Gasteiger partial charge in [-0.05, 0) is 42.7 Å². The van der Waals surface area contributed by atoms with Gasteiger partial charge < -0.3 is 0 Å². The number of rotatable bonds is 3. The molecule has 2 saturated heterocycles. The lowest BCUT2D eigenvalue weighted by atomic mass is 9.67. The van der Waals surface area contributed by atoms with Crippen molar-refractivity contribution < 1.29 is 0 Å². The fourth-order valence-corrected chi connectivity index (χ4v) is 4.38. The van der Waals surface area contributed by atoms with E-state index < -0.39 is 0 Å². The fraction of sp³-hybridized carbons (Fsp3) is 0.400. The first-order valence-corrected chi connectivity index (χ1v) is 8.21. The summed E-state index contributed by atoms with van der Waals surface area (Å²) in [5.74, 6) is 0.916. The van der Waals surface area contributed by atoms with E-state index in [4.69, 9.17) is 0 Å². The third-order valence-electron chi connectivity index (χ3n) is 5.54. The van der Waals surface area contributed by atoms with Gasteiger partial charge in [0.05, 0.1) is 0 Å². The zero-order chi connectivity index (χ0) is 14.1. The van der Waals surface area contributed by atoms with Gasteiger partial charge in [0.2, 0.25) is 0 Å². The van der Waals surface area contributed by atoms with Gasteiger partial charge in [-0.3, -0.25) is 4.90 Å². The smallest absolute Gasteiger partial charge is 0.0464 e. The summed E-state index contributed by atoms with van der Waals surface area (Å²) in [5, 5.41) is 0. The van der Waals surface area contributed by atoms with Crippen LogP contribution < -0.4 is 0 Å². The van der Waals surface area contributed by atoms with E-state index in [0.29, 0.717) is 0 Å². The molecule has 0 atom stereocenters. The lowest BCUT2D eigenvalue weighted by Gasteiger charge is -2.55. The van der Waals surface area contributed by atoms with Crippen molar-refractivity contribution in [1.82, 2.24) is 4.90 Å². The highest BCUT2D eigenvalue weighted by Crippen LogP contribution is 2.49. The Hall–Kier alpha value is -1.60. The molecule has 1 nitrogen and oxygen atoms in total. The van der Waals surface area contributed by atoms with Gasteiger partial charge in [-0.1, -0.05) is 60.7 Å². The molecule has 21 heavy (non-hydrogen) atoms. The highest BCUT2D eigenvalue weighted by molar-refractivity contribution is 5.28. The first kappa shape index (κ1) is 13.1. The zero-order valence-electron chi connectivity index (χ0n) is 12.5. The zero-order valence-corrected chi connectivity index (χ0v) is 12.5. The maximum absolute atomic E-state index is 2.76. The average Bonchev–Trinajstić information content (AvgIpc) is 2.58. The van der Waals surface area contributed by atoms with Crippen LogP contribution in [0.5, 0.6) is 0 Å². The Morgan fingerprint density at radius 1 is 0.857 bits per heavy atom. The van der Waals surface area contributed by atoms with Crippen molar-refractivity contribution in [3.05, 3.63) is 71.8 Å². The topological polar surface area (TPSA) is 3.24 Å². The van der Waals surface area contributed by atoms with Gasteiger partial charge in [0.25, 0.3) is 0 Å². The van der Waals surface area contributed by atoms with Crippen LogP contribution in [0.25, 0.3) is 0 Å². The fourth-order valence-electron chi connectivity index (χ4n) is 4.38. The second-order valence-corrected chi connectivity index (χ2v) is 6.71. The second kappa shape index (κ2) is 5.31. The van der Waals surface area contributed by atoms with Gasteiger partial charge in [-0.2, -0.15) is 0 Å². The van der Waals surface area contributed by atoms with Crippen molar-refractivity contribution in [3.8, 4) is 0 Å². The lowest BCUT2D eigenvalue weighted by Crippen LogP contribution is -2.55. The van der Waals surface area contributed by atoms with Gasteiger partial charge in [0.15, 0.2) is 0 Å². The highest BCUT2D eigenvalue weighted by atomic mass is 15.2. The number of benzene rings is 2. The predicted molar refractivity (Wildman–Crippen MR) is 86.9 cm³/mol. The molecular formula is C20H23N. The van der Waals surface area contributed by atoms with E-state index in [0.717, 1.165) is 12.5 Å². The highest BCUT2D eigenvalue weighted by Gasteiger charge is 2.46. The SMILES string of the molecule is c1ccc(CN2CC3CCC2(c2ccccc2)CC3)cc1. The van der Waals surface area contributed by atoms with Gasteiger partial charge >= 0.3 is 0 Å². The van der Waals surface area contributed by atoms with Crippen molar-refractivity contribution in [3.63, 3.8) is 0 Å². The summed E-state index contributed by atoms with van der Waals surface area (Å²) in [6.07, 6.45) is 5.46. The molecule has 1 heteroatoms. The van der Waals surface area contributed by atoms with Crippen molar-refractivity contribution in [1.29, 1.82) is 0 Å². The average molecular weight is 277 g/mol. The number of hydrogen-bond acceptors (Lipinski definition) is 1. The van der Waals surface area contributed by atoms with E-state index in [2.05, 4.69) is 65.6 Å². The summed E-state index contributed by atoms with van der Waals surface area (Å²) in [4.78, 5) is 2.76. The van der Waals surface area contributed by atoms with Gasteiger partial charge in [0, 0.05) is 18.6 Å². The minimum Gasteiger partial charge on any atom is -0.289 e. The van der Waals surface area contributed by atoms with Gasteiger partial charge in [-0.15, -0.1) is 0 Å². The minimum atomic E-state index is 0.284. The van der Waals surface area contributed by atoms with Crippen molar-refractivity contribution >= 4 is 0 Å². The molecule has 2 heterocycles. The molecule has 0 unspecified atom stereocenters. The van der Waals surface area contributed by atoms with Crippen LogP contribution in [-0.2, 0) is 12.1 Å². The molecule has 2 bridgehead atoms. The van der Waals surface area contributed by atoms with E-state index in [1.807, 2.05) is 0 Å². The Balaban J connectivity index is 1.68. The summed E-state index contributed by atoms with van der Waals surface area (Å²) < 4.78 is 0. The molecule has 0 spiro atoms. The molecular weight excluding hydrogens is 254 g/mol. The van der Waals surface area contributed by atoms with Crippen LogP contribution >= 0.6 is 0 Å². The van der Waals surface area contributed by atoms with Crippen molar-refractivity contribution in [2.24, 2.45) is 5.92 Å². The van der Waals surface area contributed by atoms with E-state index in [1.165, 1.54) is 43.4 Å². The monoisotopic (exact) mass is 277 g/mol. The Kier molecular flexibility index (Phi) is 3.31. The summed E-state index contributed by atoms with van der Waals surface area (Å²) >= 11 is 0. The van der Waals surface area contributed by atoms with Crippen LogP contribution in [-0.4, -0.2) is 11.4 Å². The summed E-state index contributed by atoms with van der Waals surface area (Å²) in [6.45, 7) is 2.36. The third kappa shape index (κ3) is 2.30. The first-order chi connectivity index (χ1) is 10.4. The minimum absolute atomic E-state index is 0.284. The molecule has 2 aromatic carbocycles. The normalized spacial score (nSPS) is 28.7. The number of piperidine rings is 2. The molecule has 0 amide bonds. The molecule has 108 valence electrons. The third-order valence-corrected chi connectivity index (χ3v) is 5.54. The summed E-state index contributed by atoms with van der Waals surface area (Å²) in [5.41, 5.74) is 3.26. The standard InChI is InChI=1S/C20H23N/c1-3-7-17(8-4-1)15-21-16-18-11-13-20(21,14-12-18)19-9-5-2-6-10-19/h1-10,18H,11-16H2. The van der Waals surface area contributed by atoms with E-state index in [-0.39, 0.29) is 5.54 Å². The molecule has 0 radical (unpaired) electrons. The quantitative estimate of drug-likeness (QED) is 0.793. The van der Waals surface area contributed by atoms with Gasteiger partial charge in [0.1, 0.15) is 0 Å². The lowest BCUT2D eigenvalue weighted by molar-refractivity contribution is -0.0453. The predicted octanol–water partition coefficient (Wildman–Crippen LogP) is 4.59. The van der Waals surface area contributed by atoms with Crippen LogP contribution in [0, 0.1) is 5.92 Å². The number of fused-ring (bicyclic) bond motifs is 3. The molecule has 3 aliphatic rings. The molecule has 0 N–H and O–H groups in total. The maximum Gasteiger partial charge on any atom is 0.0464 e. The van der Waals surface area contributed by atoms with Crippen LogP contribution in [0.15, 0.2) is 60.7 Å². The largest absolute Gasteiger partial charge is 0.289 e. The van der Waals surface area contributed by atoms with E-state index >= 15 is 0 Å². The Bertz CT molecular complexity index is 582. The van der Waals surface area contributed by atoms with Crippen LogP contribution in [0.2, 0.25) is 0 Å². The summed E-state index contributed by atoms with van der Waals surface area (Å²) in [7, 11) is 0. The van der Waals surface area contributed by atoms with E-state index in [1.54, 1.807) is 0 Å². The molecule has 3 fully saturated rings. The Morgan fingerprint density at radius 2 is 1.48 bits per heavy atom. The molecule has 2 aromatic rings. The van der Waals surface area contributed by atoms with E-state index in [9.17, 15) is 0 Å². The van der Waals surface area contributed by atoms with Gasteiger partial charge in [-0.25, -0.2) is 0 Å². The molecule has 1 aliphatic carbocycles. The van der Waals surface area contributed by atoms with Crippen LogP contribution in [0.1, 0.15) is 36.8 Å². The molecule has 0 aromatic heterocycles. The van der Waals surface area contributed by atoms with Crippen LogP contribution in [0.3, 0.4) is 0 Å². The molecule has 5 rings (SSSR count). The Morgan fingerprint density at radius 3 is 2.14 bits per heavy atom. The Labute approximate surface area is 127 Å². The van der Waals surface area contributed by atoms with Crippen molar-refractivity contribution in [2.45, 2.75) is 37.8 Å². The maximum atomic E-state index is 2.76. The summed E-state index contributed by atoms with van der Waals surface area (Å²) in [6, 6.07) is 22.2. The number of hydrogen-bond donors (Lipinski definition) is 0. The molecule has 1 saturated carbocycles. The number of nitrogens with zero attached hydrogens (tertiary/aromatic N) is 1. The van der Waals surface area contributed by atoms with Crippen molar-refractivity contribution in [2.75, 3.05) is 6.54 Å². The van der Waals surface area contributed by atoms with Crippen LogP contribution in [0.4, 0.5) is 0 Å². The first-order valence-electron chi connectivity index (χ1n) is 8.21. The second-order valence-electron chi connectivity index (χ2n) is 6.71. The molecule has 2 aliphatic heterocycles.